The van der Waals surface area contributed by atoms with Crippen LogP contribution < -0.4 is 0 Å². The fourth-order valence-corrected chi connectivity index (χ4v) is 2.26. The average Bonchev–Trinajstić information content (AvgIpc) is 2.85. The van der Waals surface area contributed by atoms with E-state index in [0.29, 0.717) is 0 Å². The van der Waals surface area contributed by atoms with Gasteiger partial charge in [0.05, 0.1) is 0 Å². The van der Waals surface area contributed by atoms with Crippen LogP contribution >= 0.6 is 0 Å². The molecule has 19 heavy (non-hydrogen) atoms. The SMILES string of the molecule is CCC(C)(C)c1cc(C(C)(C)CC)c2ocnc2c1. The molecular weight excluding hydrogens is 234 g/mol. The predicted octanol–water partition coefficient (Wildman–Crippen LogP) is 5.20. The molecule has 2 rings (SSSR count). The van der Waals surface area contributed by atoms with E-state index in [0.717, 1.165) is 23.9 Å². The maximum absolute atomic E-state index is 5.63. The average molecular weight is 259 g/mol. The van der Waals surface area contributed by atoms with E-state index >= 15 is 0 Å². The number of oxazole rings is 1. The Labute approximate surface area is 116 Å². The standard InChI is InChI=1S/C17H25NO/c1-7-16(3,4)12-9-13(17(5,6)8-2)15-14(10-12)18-11-19-15/h9-11H,7-8H2,1-6H3. The molecule has 0 fully saturated rings. The summed E-state index contributed by atoms with van der Waals surface area (Å²) in [7, 11) is 0. The highest BCUT2D eigenvalue weighted by Crippen LogP contribution is 2.37. The highest BCUT2D eigenvalue weighted by molar-refractivity contribution is 5.78. The molecular formula is C17H25NO. The van der Waals surface area contributed by atoms with Gasteiger partial charge in [-0.3, -0.25) is 0 Å². The summed E-state index contributed by atoms with van der Waals surface area (Å²) in [5.41, 5.74) is 4.84. The lowest BCUT2D eigenvalue weighted by atomic mass is 9.76. The van der Waals surface area contributed by atoms with Crippen LogP contribution in [0.1, 0.15) is 65.5 Å². The van der Waals surface area contributed by atoms with Gasteiger partial charge in [-0.1, -0.05) is 47.6 Å². The van der Waals surface area contributed by atoms with Gasteiger partial charge in [-0.05, 0) is 35.3 Å². The highest BCUT2D eigenvalue weighted by Gasteiger charge is 2.27. The third-order valence-electron chi connectivity index (χ3n) is 4.71. The molecule has 2 nitrogen and oxygen atoms in total. The van der Waals surface area contributed by atoms with Gasteiger partial charge in [0.25, 0.3) is 0 Å². The van der Waals surface area contributed by atoms with E-state index in [-0.39, 0.29) is 10.8 Å². The minimum absolute atomic E-state index is 0.109. The lowest BCUT2D eigenvalue weighted by Crippen LogP contribution is -2.20. The van der Waals surface area contributed by atoms with E-state index in [1.54, 1.807) is 6.39 Å². The number of rotatable bonds is 4. The minimum atomic E-state index is 0.109. The Morgan fingerprint density at radius 3 is 2.21 bits per heavy atom. The Balaban J connectivity index is 2.71. The molecule has 0 aliphatic rings. The first-order chi connectivity index (χ1) is 8.81. The fraction of sp³-hybridized carbons (Fsp3) is 0.588. The van der Waals surface area contributed by atoms with Crippen LogP contribution in [0.3, 0.4) is 0 Å². The van der Waals surface area contributed by atoms with Crippen LogP contribution in [0.2, 0.25) is 0 Å². The second-order valence-corrected chi connectivity index (χ2v) is 6.70. The molecule has 0 saturated carbocycles. The van der Waals surface area contributed by atoms with Crippen LogP contribution in [0.25, 0.3) is 11.1 Å². The summed E-state index contributed by atoms with van der Waals surface area (Å²) >= 11 is 0. The van der Waals surface area contributed by atoms with Gasteiger partial charge < -0.3 is 4.42 Å². The quantitative estimate of drug-likeness (QED) is 0.754. The summed E-state index contributed by atoms with van der Waals surface area (Å²) < 4.78 is 5.63. The fourth-order valence-electron chi connectivity index (χ4n) is 2.26. The molecule has 0 aliphatic carbocycles. The van der Waals surface area contributed by atoms with Crippen molar-refractivity contribution in [2.45, 2.75) is 65.2 Å². The molecule has 2 heteroatoms. The largest absolute Gasteiger partial charge is 0.443 e. The van der Waals surface area contributed by atoms with Crippen molar-refractivity contribution < 1.29 is 4.42 Å². The summed E-state index contributed by atoms with van der Waals surface area (Å²) in [5.74, 6) is 0. The van der Waals surface area contributed by atoms with E-state index in [1.807, 2.05) is 0 Å². The van der Waals surface area contributed by atoms with Crippen molar-refractivity contribution in [1.29, 1.82) is 0 Å². The number of fused-ring (bicyclic) bond motifs is 1. The van der Waals surface area contributed by atoms with Gasteiger partial charge in [0, 0.05) is 5.56 Å². The highest BCUT2D eigenvalue weighted by atomic mass is 16.3. The van der Waals surface area contributed by atoms with Crippen molar-refractivity contribution in [1.82, 2.24) is 4.98 Å². The predicted molar refractivity (Wildman–Crippen MR) is 80.6 cm³/mol. The molecule has 0 atom stereocenters. The van der Waals surface area contributed by atoms with Gasteiger partial charge in [-0.25, -0.2) is 4.98 Å². The van der Waals surface area contributed by atoms with Crippen molar-refractivity contribution >= 4 is 11.1 Å². The molecule has 0 saturated heterocycles. The summed E-state index contributed by atoms with van der Waals surface area (Å²) in [4.78, 5) is 4.37. The van der Waals surface area contributed by atoms with Gasteiger partial charge in [0.1, 0.15) is 5.52 Å². The molecule has 1 heterocycles. The first-order valence-electron chi connectivity index (χ1n) is 7.20. The molecule has 2 aromatic rings. The molecule has 0 amide bonds. The molecule has 0 aliphatic heterocycles. The normalized spacial score (nSPS) is 13.2. The van der Waals surface area contributed by atoms with Gasteiger partial charge in [-0.15, -0.1) is 0 Å². The third kappa shape index (κ3) is 2.41. The van der Waals surface area contributed by atoms with Gasteiger partial charge in [-0.2, -0.15) is 0 Å². The zero-order chi connectivity index (χ0) is 14.3. The second kappa shape index (κ2) is 4.66. The number of hydrogen-bond donors (Lipinski definition) is 0. The Bertz CT molecular complexity index is 578. The van der Waals surface area contributed by atoms with E-state index in [9.17, 15) is 0 Å². The molecule has 104 valence electrons. The van der Waals surface area contributed by atoms with Crippen molar-refractivity contribution in [3.8, 4) is 0 Å². The van der Waals surface area contributed by atoms with Crippen LogP contribution in [0.5, 0.6) is 0 Å². The number of nitrogens with zero attached hydrogens (tertiary/aromatic N) is 1. The van der Waals surface area contributed by atoms with Gasteiger partial charge in [0.2, 0.25) is 0 Å². The smallest absolute Gasteiger partial charge is 0.181 e. The lowest BCUT2D eigenvalue weighted by Gasteiger charge is -2.28. The molecule has 0 unspecified atom stereocenters. The maximum atomic E-state index is 5.63. The Morgan fingerprint density at radius 1 is 1.00 bits per heavy atom. The number of aromatic nitrogens is 1. The Morgan fingerprint density at radius 2 is 1.63 bits per heavy atom. The number of hydrogen-bond acceptors (Lipinski definition) is 2. The molecule has 0 radical (unpaired) electrons. The van der Waals surface area contributed by atoms with Crippen LogP contribution in [0.15, 0.2) is 22.9 Å². The van der Waals surface area contributed by atoms with Crippen LogP contribution in [0.4, 0.5) is 0 Å². The van der Waals surface area contributed by atoms with Crippen molar-refractivity contribution in [2.24, 2.45) is 0 Å². The van der Waals surface area contributed by atoms with Crippen LogP contribution in [0, 0.1) is 0 Å². The van der Waals surface area contributed by atoms with E-state index in [2.05, 4.69) is 58.7 Å². The maximum Gasteiger partial charge on any atom is 0.181 e. The molecule has 1 aromatic carbocycles. The monoisotopic (exact) mass is 259 g/mol. The van der Waals surface area contributed by atoms with Crippen LogP contribution in [-0.2, 0) is 10.8 Å². The Kier molecular flexibility index (Phi) is 3.46. The topological polar surface area (TPSA) is 26.0 Å². The minimum Gasteiger partial charge on any atom is -0.443 e. The van der Waals surface area contributed by atoms with E-state index < -0.39 is 0 Å². The summed E-state index contributed by atoms with van der Waals surface area (Å²) in [6.45, 7) is 13.6. The molecule has 0 bridgehead atoms. The zero-order valence-electron chi connectivity index (χ0n) is 13.0. The summed E-state index contributed by atoms with van der Waals surface area (Å²) in [6.07, 6.45) is 3.75. The summed E-state index contributed by atoms with van der Waals surface area (Å²) in [6, 6.07) is 4.50. The zero-order valence-corrected chi connectivity index (χ0v) is 13.0. The molecule has 1 aromatic heterocycles. The van der Waals surface area contributed by atoms with Crippen molar-refractivity contribution in [3.05, 3.63) is 29.7 Å². The van der Waals surface area contributed by atoms with E-state index in [1.165, 1.54) is 11.1 Å². The molecule has 0 spiro atoms. The lowest BCUT2D eigenvalue weighted by molar-refractivity contribution is 0.483. The van der Waals surface area contributed by atoms with Gasteiger partial charge in [0.15, 0.2) is 12.0 Å². The van der Waals surface area contributed by atoms with E-state index in [4.69, 9.17) is 4.42 Å². The molecule has 0 N–H and O–H groups in total. The summed E-state index contributed by atoms with van der Waals surface area (Å²) in [5, 5.41) is 0. The van der Waals surface area contributed by atoms with Crippen molar-refractivity contribution in [3.63, 3.8) is 0 Å². The van der Waals surface area contributed by atoms with Crippen molar-refractivity contribution in [2.75, 3.05) is 0 Å². The number of benzene rings is 1. The third-order valence-corrected chi connectivity index (χ3v) is 4.71. The van der Waals surface area contributed by atoms with Crippen LogP contribution in [-0.4, -0.2) is 4.98 Å². The second-order valence-electron chi connectivity index (χ2n) is 6.70. The van der Waals surface area contributed by atoms with Gasteiger partial charge >= 0.3 is 0 Å². The Hall–Kier alpha value is -1.31. The first kappa shape index (κ1) is 14.1. The first-order valence-corrected chi connectivity index (χ1v) is 7.20.